The van der Waals surface area contributed by atoms with Crippen LogP contribution in [-0.4, -0.2) is 25.4 Å². The van der Waals surface area contributed by atoms with E-state index in [2.05, 4.69) is 34.8 Å². The Balaban J connectivity index is 0.000000344. The van der Waals surface area contributed by atoms with Gasteiger partial charge in [-0.2, -0.15) is 0 Å². The number of rotatable bonds is 7. The molecular weight excluding hydrogens is 295 g/mol. The molecule has 0 N–H and O–H groups in total. The van der Waals surface area contributed by atoms with Gasteiger partial charge in [0, 0.05) is 0 Å². The quantitative estimate of drug-likeness (QED) is 0.525. The van der Waals surface area contributed by atoms with Crippen LogP contribution in [0.5, 0.6) is 0 Å². The van der Waals surface area contributed by atoms with Gasteiger partial charge in [-0.15, -0.1) is 0 Å². The number of hydrogen-bond donors (Lipinski definition) is 0. The summed E-state index contributed by atoms with van der Waals surface area (Å²) in [6.45, 7) is 3.36. The Bertz CT molecular complexity index is 394. The molecule has 0 saturated heterocycles. The number of aryl methyl sites for hydroxylation is 2. The Hall–Kier alpha value is -1.60. The van der Waals surface area contributed by atoms with Crippen LogP contribution in [0.15, 0.2) is 18.7 Å². The van der Waals surface area contributed by atoms with E-state index in [0.717, 1.165) is 6.54 Å². The van der Waals surface area contributed by atoms with Crippen molar-refractivity contribution < 1.29 is 36.4 Å². The third-order valence-corrected chi connectivity index (χ3v) is 3.84. The molecule has 0 radical (unpaired) electrons. The van der Waals surface area contributed by atoms with Crippen LogP contribution in [0.25, 0.3) is 0 Å². The molecule has 6 nitrogen and oxygen atoms in total. The summed E-state index contributed by atoms with van der Waals surface area (Å²) < 4.78 is 4.28. The van der Waals surface area contributed by atoms with Gasteiger partial charge in [0.05, 0.1) is 13.6 Å². The Morgan fingerprint density at radius 2 is 1.63 bits per heavy atom. The van der Waals surface area contributed by atoms with E-state index in [1.54, 1.807) is 0 Å². The molecule has 1 rings (SSSR count). The van der Waals surface area contributed by atoms with Crippen LogP contribution in [0.1, 0.15) is 19.8 Å². The molecule has 0 bridgehead atoms. The molecule has 1 aromatic heterocycles. The van der Waals surface area contributed by atoms with Gasteiger partial charge < -0.3 is 0 Å². The molecule has 0 unspecified atom stereocenters. The van der Waals surface area contributed by atoms with E-state index in [1.165, 1.54) is 12.8 Å². The summed E-state index contributed by atoms with van der Waals surface area (Å²) in [5, 5.41) is 0.438. The van der Waals surface area contributed by atoms with Crippen LogP contribution in [0.2, 0.25) is 0 Å². The summed E-state index contributed by atoms with van der Waals surface area (Å²) in [7, 11) is 2.04. The van der Waals surface area contributed by atoms with Crippen molar-refractivity contribution in [3.63, 3.8) is 0 Å². The van der Waals surface area contributed by atoms with Crippen LogP contribution >= 0.6 is 0 Å². The number of carbonyl (C=O) groups excluding carboxylic acids is 4. The van der Waals surface area contributed by atoms with Gasteiger partial charge in [-0.05, 0) is 6.42 Å². The summed E-state index contributed by atoms with van der Waals surface area (Å²) in [6.07, 6.45) is 8.82. The van der Waals surface area contributed by atoms with Gasteiger partial charge in [0.15, 0.2) is 0 Å². The predicted molar refractivity (Wildman–Crippen MR) is 67.5 cm³/mol. The van der Waals surface area contributed by atoms with E-state index in [-0.39, 0.29) is 20.9 Å². The first-order chi connectivity index (χ1) is 9.07. The zero-order valence-corrected chi connectivity index (χ0v) is 12.1. The first kappa shape index (κ1) is 17.4. The van der Waals surface area contributed by atoms with Gasteiger partial charge in [-0.25, -0.2) is 9.13 Å². The van der Waals surface area contributed by atoms with E-state index in [9.17, 15) is 19.2 Å². The minimum atomic E-state index is -3.12. The van der Waals surface area contributed by atoms with E-state index < -0.39 is 12.6 Å². The Morgan fingerprint density at radius 3 is 1.89 bits per heavy atom. The molecule has 109 valence electrons. The van der Waals surface area contributed by atoms with E-state index in [0.29, 0.717) is 0 Å². The van der Waals surface area contributed by atoms with Gasteiger partial charge in [-0.3, -0.25) is 0 Å². The maximum absolute atomic E-state index is 9.88. The van der Waals surface area contributed by atoms with Gasteiger partial charge >= 0.3 is 52.7 Å². The van der Waals surface area contributed by atoms with Crippen molar-refractivity contribution in [1.82, 2.24) is 4.57 Å². The molecule has 1 aromatic rings. The van der Waals surface area contributed by atoms with Gasteiger partial charge in [0.1, 0.15) is 12.4 Å². The molecule has 0 aliphatic carbocycles. The number of nitrogens with zero attached hydrogens (tertiary/aromatic N) is 2. The zero-order valence-electron chi connectivity index (χ0n) is 11.0. The van der Waals surface area contributed by atoms with Crippen LogP contribution in [0.3, 0.4) is 0 Å². The normalized spacial score (nSPS) is 10.8. The standard InChI is InChI=1S/C8H15N2.4CHO.Co/c1-3-4-5-10-7-6-9(2)8-10;4*1-2;/h6-8H,3-5H2,1-2H3;4*1H;/q+1;;;;;. The molecule has 19 heavy (non-hydrogen) atoms. The molecule has 7 heteroatoms. The number of hydrogen-bond acceptors (Lipinski definition) is 4. The number of imidazole rings is 1. The molecule has 0 atom stereocenters. The molecule has 0 aliphatic rings. The van der Waals surface area contributed by atoms with Gasteiger partial charge in [0.2, 0.25) is 6.33 Å². The summed E-state index contributed by atoms with van der Waals surface area (Å²) >= 11 is -3.12. The molecule has 0 aromatic carbocycles. The summed E-state index contributed by atoms with van der Waals surface area (Å²) in [5.41, 5.74) is 0. The monoisotopic (exact) mass is 314 g/mol. The molecule has 0 amide bonds. The predicted octanol–water partition coefficient (Wildman–Crippen LogP) is 0.0138. The Morgan fingerprint density at radius 1 is 1.11 bits per heavy atom. The van der Waals surface area contributed by atoms with E-state index >= 15 is 0 Å². The molecule has 0 spiro atoms. The van der Waals surface area contributed by atoms with E-state index in [1.807, 2.05) is 7.05 Å². The topological polar surface area (TPSA) is 77.1 Å². The molecule has 1 heterocycles. The third-order valence-electron chi connectivity index (χ3n) is 2.14. The Kier molecular flexibility index (Phi) is 8.55. The van der Waals surface area contributed by atoms with Crippen molar-refractivity contribution in [2.75, 3.05) is 0 Å². The fourth-order valence-electron chi connectivity index (χ4n) is 1.09. The van der Waals surface area contributed by atoms with Crippen molar-refractivity contribution in [2.24, 2.45) is 7.05 Å². The van der Waals surface area contributed by atoms with Crippen molar-refractivity contribution in [3.8, 4) is 0 Å². The molecule has 0 saturated carbocycles. The van der Waals surface area contributed by atoms with E-state index in [4.69, 9.17) is 0 Å². The first-order valence-corrected chi connectivity index (χ1v) is 7.95. The zero-order chi connectivity index (χ0) is 14.7. The SMILES string of the molecule is CCCC[n+]1ccn(C)c1.O=[CH][Co]([CH]=O)([CH]=O)[CH]=O. The summed E-state index contributed by atoms with van der Waals surface area (Å²) in [5.74, 6) is 0. The van der Waals surface area contributed by atoms with Crippen LogP contribution in [0.4, 0.5) is 0 Å². The molecule has 0 aliphatic heterocycles. The van der Waals surface area contributed by atoms with Crippen molar-refractivity contribution in [2.45, 2.75) is 26.3 Å². The second-order valence-electron chi connectivity index (χ2n) is 3.65. The van der Waals surface area contributed by atoms with Crippen LogP contribution < -0.4 is 4.57 Å². The first-order valence-electron chi connectivity index (χ1n) is 5.55. The molecular formula is C12H19CoN2O4+. The third kappa shape index (κ3) is 6.21. The maximum atomic E-state index is 9.88. The van der Waals surface area contributed by atoms with Crippen molar-refractivity contribution in [1.29, 1.82) is 0 Å². The summed E-state index contributed by atoms with van der Waals surface area (Å²) in [4.78, 5) is 39.5. The number of aromatic nitrogens is 2. The van der Waals surface area contributed by atoms with Crippen molar-refractivity contribution >= 4 is 20.9 Å². The molecule has 0 fully saturated rings. The second kappa shape index (κ2) is 9.34. The minimum absolute atomic E-state index is 0.109. The van der Waals surface area contributed by atoms with Gasteiger partial charge in [-0.1, -0.05) is 13.3 Å². The average Bonchev–Trinajstić information content (AvgIpc) is 2.86. The fourth-order valence-corrected chi connectivity index (χ4v) is 1.43. The Labute approximate surface area is 114 Å². The van der Waals surface area contributed by atoms with Crippen LogP contribution in [0, 0.1) is 0 Å². The average molecular weight is 314 g/mol. The van der Waals surface area contributed by atoms with Crippen molar-refractivity contribution in [3.05, 3.63) is 18.7 Å². The van der Waals surface area contributed by atoms with Gasteiger partial charge in [0.25, 0.3) is 0 Å². The summed E-state index contributed by atoms with van der Waals surface area (Å²) in [6, 6.07) is 0. The number of carbonyl (C=O) groups is 4. The fraction of sp³-hybridized carbons (Fsp3) is 0.417. The number of unbranched alkanes of at least 4 members (excludes halogenated alkanes) is 1. The van der Waals surface area contributed by atoms with Crippen LogP contribution in [-0.2, 0) is 45.4 Å². The second-order valence-corrected chi connectivity index (χ2v) is 6.71.